The van der Waals surface area contributed by atoms with E-state index in [0.29, 0.717) is 0 Å². The predicted molar refractivity (Wildman–Crippen MR) is 75.0 cm³/mol. The fourth-order valence-corrected chi connectivity index (χ4v) is 6.27. The van der Waals surface area contributed by atoms with Crippen molar-refractivity contribution in [2.24, 2.45) is 0 Å². The van der Waals surface area contributed by atoms with Gasteiger partial charge in [0.25, 0.3) is 0 Å². The summed E-state index contributed by atoms with van der Waals surface area (Å²) in [5.74, 6) is -1.85. The van der Waals surface area contributed by atoms with E-state index in [0.717, 1.165) is 24.6 Å². The predicted octanol–water partition coefficient (Wildman–Crippen LogP) is 4.59. The minimum absolute atomic E-state index is 0.0487. The summed E-state index contributed by atoms with van der Waals surface area (Å²) < 4.78 is 42.6. The molecule has 0 atom stereocenters. The van der Waals surface area contributed by atoms with Crippen molar-refractivity contribution < 1.29 is 22.5 Å². The number of carbonyl (C=O) groups excluding carboxylic acids is 1. The molecule has 19 heavy (non-hydrogen) atoms. The SMILES string of the molecule is C=C(CC(=O)C(F)(F)F)OP(CC)(CC)(CC)CC. The summed E-state index contributed by atoms with van der Waals surface area (Å²) in [5, 5.41) is 0. The van der Waals surface area contributed by atoms with Gasteiger partial charge in [-0.1, -0.05) is 0 Å². The number of halogens is 3. The molecule has 0 aliphatic carbocycles. The van der Waals surface area contributed by atoms with Gasteiger partial charge < -0.3 is 0 Å². The van der Waals surface area contributed by atoms with Crippen molar-refractivity contribution in [2.75, 3.05) is 24.6 Å². The quantitative estimate of drug-likeness (QED) is 0.484. The van der Waals surface area contributed by atoms with Crippen LogP contribution in [0.1, 0.15) is 34.1 Å². The number of alkyl halides is 3. The Morgan fingerprint density at radius 1 is 1.05 bits per heavy atom. The summed E-state index contributed by atoms with van der Waals surface area (Å²) in [6, 6.07) is 0. The molecule has 0 saturated heterocycles. The Morgan fingerprint density at radius 2 is 1.42 bits per heavy atom. The molecule has 0 N–H and O–H groups in total. The van der Waals surface area contributed by atoms with E-state index in [1.54, 1.807) is 0 Å². The van der Waals surface area contributed by atoms with E-state index in [1.165, 1.54) is 0 Å². The third-order valence-electron chi connectivity index (χ3n) is 4.26. The van der Waals surface area contributed by atoms with Gasteiger partial charge in [0.15, 0.2) is 0 Å². The molecule has 0 bridgehead atoms. The van der Waals surface area contributed by atoms with Gasteiger partial charge in [0.2, 0.25) is 0 Å². The topological polar surface area (TPSA) is 26.3 Å². The van der Waals surface area contributed by atoms with Gasteiger partial charge in [-0.15, -0.1) is 0 Å². The van der Waals surface area contributed by atoms with Crippen LogP contribution >= 0.6 is 6.83 Å². The van der Waals surface area contributed by atoms with E-state index in [1.807, 2.05) is 27.7 Å². The number of ketones is 1. The Hall–Kier alpha value is -0.570. The van der Waals surface area contributed by atoms with Crippen LogP contribution in [0.2, 0.25) is 0 Å². The van der Waals surface area contributed by atoms with E-state index in [-0.39, 0.29) is 5.76 Å². The molecular weight excluding hydrogens is 276 g/mol. The van der Waals surface area contributed by atoms with Crippen LogP contribution in [0, 0.1) is 0 Å². The molecule has 0 spiro atoms. The molecule has 0 unspecified atom stereocenters. The molecule has 0 amide bonds. The van der Waals surface area contributed by atoms with Crippen LogP contribution in [0.3, 0.4) is 0 Å². The third-order valence-corrected chi connectivity index (χ3v) is 11.4. The van der Waals surface area contributed by atoms with E-state index in [9.17, 15) is 18.0 Å². The Morgan fingerprint density at radius 3 is 1.68 bits per heavy atom. The monoisotopic (exact) mass is 300 g/mol. The van der Waals surface area contributed by atoms with Crippen molar-refractivity contribution in [2.45, 2.75) is 40.3 Å². The van der Waals surface area contributed by atoms with Crippen LogP contribution in [0.15, 0.2) is 12.3 Å². The van der Waals surface area contributed by atoms with E-state index in [4.69, 9.17) is 4.52 Å². The second-order valence-corrected chi connectivity index (χ2v) is 11.3. The van der Waals surface area contributed by atoms with Crippen molar-refractivity contribution >= 4 is 12.6 Å². The average Bonchev–Trinajstić information content (AvgIpc) is 2.36. The molecule has 0 saturated carbocycles. The van der Waals surface area contributed by atoms with Crippen LogP contribution in [0.25, 0.3) is 0 Å². The summed E-state index contributed by atoms with van der Waals surface area (Å²) >= 11 is 0. The molecule has 0 rings (SSSR count). The zero-order valence-corrected chi connectivity index (χ0v) is 13.0. The maximum absolute atomic E-state index is 12.2. The molecule has 0 aromatic carbocycles. The Bertz CT molecular complexity index is 323. The van der Waals surface area contributed by atoms with Crippen molar-refractivity contribution in [3.63, 3.8) is 0 Å². The zero-order chi connectivity index (χ0) is 15.3. The summed E-state index contributed by atoms with van der Waals surface area (Å²) in [6.07, 6.45) is -2.45. The zero-order valence-electron chi connectivity index (χ0n) is 12.1. The third kappa shape index (κ3) is 4.20. The normalized spacial score (nSPS) is 14.6. The maximum atomic E-state index is 12.2. The number of hydrogen-bond donors (Lipinski definition) is 0. The number of Topliss-reactive ketones (excluding diaryl/α,β-unsaturated/α-hetero) is 1. The van der Waals surface area contributed by atoms with Gasteiger partial charge in [0.05, 0.1) is 0 Å². The molecule has 0 heterocycles. The standard InChI is InChI=1S/C13H24F3O2P/c1-6-19(7-2,8-3,9-4)18-11(5)10-12(17)13(14,15)16/h5-10H2,1-4H3. The van der Waals surface area contributed by atoms with Crippen molar-refractivity contribution in [3.05, 3.63) is 12.3 Å². The van der Waals surface area contributed by atoms with Crippen LogP contribution in [0.5, 0.6) is 0 Å². The Kier molecular flexibility index (Phi) is 6.07. The first kappa shape index (κ1) is 18.4. The summed E-state index contributed by atoms with van der Waals surface area (Å²) in [4.78, 5) is 11.0. The van der Waals surface area contributed by atoms with E-state index < -0.39 is 25.2 Å². The van der Waals surface area contributed by atoms with Crippen LogP contribution in [-0.4, -0.2) is 36.6 Å². The van der Waals surface area contributed by atoms with Gasteiger partial charge in [0.1, 0.15) is 0 Å². The molecule has 0 aromatic heterocycles. The molecule has 0 aromatic rings. The molecule has 2 nitrogen and oxygen atoms in total. The first-order valence-electron chi connectivity index (χ1n) is 6.56. The van der Waals surface area contributed by atoms with Gasteiger partial charge in [-0.25, -0.2) is 0 Å². The molecule has 0 fully saturated rings. The molecule has 0 radical (unpaired) electrons. The van der Waals surface area contributed by atoms with Crippen LogP contribution < -0.4 is 0 Å². The number of allylic oxidation sites excluding steroid dienone is 1. The van der Waals surface area contributed by atoms with Crippen molar-refractivity contribution in [3.8, 4) is 0 Å². The second kappa shape index (κ2) is 6.25. The van der Waals surface area contributed by atoms with Gasteiger partial charge in [0, 0.05) is 0 Å². The summed E-state index contributed by atoms with van der Waals surface area (Å²) in [6.45, 7) is 8.97. The first-order chi connectivity index (χ1) is 8.58. The summed E-state index contributed by atoms with van der Waals surface area (Å²) in [5.41, 5.74) is 0. The molecule has 114 valence electrons. The van der Waals surface area contributed by atoms with Crippen molar-refractivity contribution in [1.29, 1.82) is 0 Å². The van der Waals surface area contributed by atoms with Gasteiger partial charge in [-0.05, 0) is 0 Å². The Balaban J connectivity index is 5.00. The van der Waals surface area contributed by atoms with Crippen molar-refractivity contribution in [1.82, 2.24) is 0 Å². The number of carbonyl (C=O) groups is 1. The van der Waals surface area contributed by atoms with Gasteiger partial charge >= 0.3 is 112 Å². The fourth-order valence-electron chi connectivity index (χ4n) is 2.28. The molecule has 6 heteroatoms. The Labute approximate surface area is 113 Å². The van der Waals surface area contributed by atoms with E-state index in [2.05, 4.69) is 6.58 Å². The number of hydrogen-bond acceptors (Lipinski definition) is 2. The number of rotatable bonds is 8. The van der Waals surface area contributed by atoms with Gasteiger partial charge in [-0.3, -0.25) is 0 Å². The van der Waals surface area contributed by atoms with Crippen LogP contribution in [-0.2, 0) is 9.32 Å². The molecule has 0 aliphatic rings. The second-order valence-electron chi connectivity index (χ2n) is 4.85. The molecule has 0 aliphatic heterocycles. The fraction of sp³-hybridized carbons (Fsp3) is 0.769. The minimum atomic E-state index is -4.82. The molecular formula is C13H24F3O2P. The van der Waals surface area contributed by atoms with E-state index >= 15 is 0 Å². The first-order valence-corrected chi connectivity index (χ1v) is 9.46. The van der Waals surface area contributed by atoms with Gasteiger partial charge in [-0.2, -0.15) is 0 Å². The van der Waals surface area contributed by atoms with Crippen LogP contribution in [0.4, 0.5) is 13.2 Å². The summed E-state index contributed by atoms with van der Waals surface area (Å²) in [7, 11) is 0. The average molecular weight is 300 g/mol.